The normalized spacial score (nSPS) is 22.5. The van der Waals surface area contributed by atoms with Crippen LogP contribution in [0, 0.1) is 11.3 Å². The van der Waals surface area contributed by atoms with E-state index in [2.05, 4.69) is 46.1 Å². The van der Waals surface area contributed by atoms with Crippen molar-refractivity contribution < 1.29 is 9.47 Å². The van der Waals surface area contributed by atoms with Gasteiger partial charge in [0.2, 0.25) is 0 Å². The van der Waals surface area contributed by atoms with E-state index in [4.69, 9.17) is 19.4 Å². The molecular weight excluding hydrogens is 442 g/mol. The number of aromatic nitrogens is 4. The second-order valence-corrected chi connectivity index (χ2v) is 10.0. The molecular formula is C26H31N7O2. The van der Waals surface area contributed by atoms with Gasteiger partial charge in [-0.2, -0.15) is 10.4 Å². The van der Waals surface area contributed by atoms with E-state index >= 15 is 0 Å². The van der Waals surface area contributed by atoms with Crippen molar-refractivity contribution in [1.82, 2.24) is 24.6 Å². The van der Waals surface area contributed by atoms with Crippen LogP contribution in [0.25, 0.3) is 16.7 Å². The molecule has 182 valence electrons. The summed E-state index contributed by atoms with van der Waals surface area (Å²) in [5.41, 5.74) is 1.65. The third-order valence-corrected chi connectivity index (χ3v) is 7.87. The third-order valence-electron chi connectivity index (χ3n) is 7.87. The van der Waals surface area contributed by atoms with Gasteiger partial charge in [0.1, 0.15) is 12.4 Å². The van der Waals surface area contributed by atoms with E-state index in [1.54, 1.807) is 7.11 Å². The van der Waals surface area contributed by atoms with Gasteiger partial charge in [-0.3, -0.25) is 4.90 Å². The highest BCUT2D eigenvalue weighted by molar-refractivity contribution is 5.81. The van der Waals surface area contributed by atoms with Gasteiger partial charge in [-0.15, -0.1) is 0 Å². The summed E-state index contributed by atoms with van der Waals surface area (Å²) < 4.78 is 12.7. The number of methoxy groups -OCH3 is 1. The molecule has 2 aliphatic heterocycles. The van der Waals surface area contributed by atoms with E-state index in [0.717, 1.165) is 80.2 Å². The number of fused-ring (bicyclic) bond motifs is 1. The fourth-order valence-electron chi connectivity index (χ4n) is 5.56. The Morgan fingerprint density at radius 1 is 1.17 bits per heavy atom. The fourth-order valence-corrected chi connectivity index (χ4v) is 5.56. The molecule has 1 aliphatic carbocycles. The van der Waals surface area contributed by atoms with Crippen LogP contribution >= 0.6 is 0 Å². The van der Waals surface area contributed by atoms with Crippen molar-refractivity contribution in [3.63, 3.8) is 0 Å². The molecule has 35 heavy (non-hydrogen) atoms. The molecule has 1 atom stereocenters. The number of benzene rings is 1. The minimum atomic E-state index is -0.372. The lowest BCUT2D eigenvalue weighted by Crippen LogP contribution is -2.60. The highest BCUT2D eigenvalue weighted by atomic mass is 16.5. The standard InChI is InChI=1S/C26H31N7O2/c1-18-13-31(8-9-32(18)21-14-35-15-21)24-11-25(30-23(29-24)16-34-2)33-22-10-20(5-4-19(22)12-28-33)26(17-27)6-3-7-26/h4-5,10-12,18,21H,3,6-9,13-16H2,1-2H3/t18-/m1/s1. The van der Waals surface area contributed by atoms with Gasteiger partial charge in [0.15, 0.2) is 11.6 Å². The van der Waals surface area contributed by atoms with Gasteiger partial charge in [-0.1, -0.05) is 12.1 Å². The van der Waals surface area contributed by atoms with E-state index in [1.165, 1.54) is 0 Å². The Balaban J connectivity index is 1.35. The number of rotatable bonds is 6. The van der Waals surface area contributed by atoms with Gasteiger partial charge in [0.05, 0.1) is 42.5 Å². The Bertz CT molecular complexity index is 1270. The first-order chi connectivity index (χ1) is 17.1. The van der Waals surface area contributed by atoms with E-state index in [0.29, 0.717) is 24.5 Å². The smallest absolute Gasteiger partial charge is 0.159 e. The van der Waals surface area contributed by atoms with Crippen LogP contribution in [0.5, 0.6) is 0 Å². The molecule has 3 fully saturated rings. The predicted octanol–water partition coefficient (Wildman–Crippen LogP) is 2.82. The van der Waals surface area contributed by atoms with Crippen molar-refractivity contribution in [3.05, 3.63) is 41.9 Å². The lowest BCUT2D eigenvalue weighted by molar-refractivity contribution is -0.0793. The Hall–Kier alpha value is -3.06. The molecule has 0 amide bonds. The maximum Gasteiger partial charge on any atom is 0.159 e. The van der Waals surface area contributed by atoms with Gasteiger partial charge in [0, 0.05) is 44.2 Å². The van der Waals surface area contributed by atoms with Gasteiger partial charge < -0.3 is 14.4 Å². The molecule has 2 saturated heterocycles. The molecule has 3 aliphatic rings. The Labute approximate surface area is 205 Å². The number of piperazine rings is 1. The van der Waals surface area contributed by atoms with Crippen LogP contribution in [-0.4, -0.2) is 76.7 Å². The van der Waals surface area contributed by atoms with Gasteiger partial charge in [-0.05, 0) is 37.8 Å². The topological polar surface area (TPSA) is 92.3 Å². The van der Waals surface area contributed by atoms with Crippen molar-refractivity contribution in [2.24, 2.45) is 0 Å². The number of ether oxygens (including phenoxy) is 2. The maximum absolute atomic E-state index is 9.85. The van der Waals surface area contributed by atoms with Crippen LogP contribution in [0.4, 0.5) is 5.82 Å². The largest absolute Gasteiger partial charge is 0.378 e. The summed E-state index contributed by atoms with van der Waals surface area (Å²) in [5.74, 6) is 2.25. The van der Waals surface area contributed by atoms with E-state index in [1.807, 2.05) is 16.9 Å². The number of hydrogen-bond acceptors (Lipinski definition) is 8. The zero-order chi connectivity index (χ0) is 24.0. The van der Waals surface area contributed by atoms with Crippen LogP contribution in [0.1, 0.15) is 37.6 Å². The molecule has 1 aromatic carbocycles. The van der Waals surface area contributed by atoms with Crippen LogP contribution < -0.4 is 4.90 Å². The van der Waals surface area contributed by atoms with Crippen LogP contribution in [-0.2, 0) is 21.5 Å². The molecule has 9 nitrogen and oxygen atoms in total. The average molecular weight is 474 g/mol. The van der Waals surface area contributed by atoms with E-state index < -0.39 is 0 Å². The lowest BCUT2D eigenvalue weighted by atomic mass is 9.65. The average Bonchev–Trinajstić information content (AvgIpc) is 3.22. The van der Waals surface area contributed by atoms with Crippen LogP contribution in [0.2, 0.25) is 0 Å². The Morgan fingerprint density at radius 3 is 2.66 bits per heavy atom. The fraction of sp³-hybridized carbons (Fsp3) is 0.538. The zero-order valence-corrected chi connectivity index (χ0v) is 20.4. The molecule has 3 aromatic rings. The number of anilines is 1. The molecule has 4 heterocycles. The summed E-state index contributed by atoms with van der Waals surface area (Å²) in [6.07, 6.45) is 4.78. The molecule has 0 spiro atoms. The highest BCUT2D eigenvalue weighted by Crippen LogP contribution is 2.43. The molecule has 0 bridgehead atoms. The molecule has 6 rings (SSSR count). The first-order valence-electron chi connectivity index (χ1n) is 12.5. The second kappa shape index (κ2) is 8.86. The predicted molar refractivity (Wildman–Crippen MR) is 132 cm³/mol. The first kappa shape index (κ1) is 22.4. The highest BCUT2D eigenvalue weighted by Gasteiger charge is 2.39. The van der Waals surface area contributed by atoms with Gasteiger partial charge in [-0.25, -0.2) is 14.6 Å². The Morgan fingerprint density at radius 2 is 2.00 bits per heavy atom. The first-order valence-corrected chi connectivity index (χ1v) is 12.5. The minimum absolute atomic E-state index is 0.331. The maximum atomic E-state index is 9.85. The minimum Gasteiger partial charge on any atom is -0.378 e. The van der Waals surface area contributed by atoms with Crippen molar-refractivity contribution >= 4 is 16.7 Å². The van der Waals surface area contributed by atoms with E-state index in [9.17, 15) is 5.26 Å². The molecule has 9 heteroatoms. The SMILES string of the molecule is COCc1nc(N2CCN(C3COC3)[C@H](C)C2)cc(-n2ncc3ccc(C4(C#N)CCC4)cc32)n1. The third kappa shape index (κ3) is 3.86. The quantitative estimate of drug-likeness (QED) is 0.540. The van der Waals surface area contributed by atoms with Crippen LogP contribution in [0.15, 0.2) is 30.5 Å². The number of nitrogens with zero attached hydrogens (tertiary/aromatic N) is 7. The zero-order valence-electron chi connectivity index (χ0n) is 20.4. The number of hydrogen-bond donors (Lipinski definition) is 0. The van der Waals surface area contributed by atoms with Crippen molar-refractivity contribution in [1.29, 1.82) is 5.26 Å². The van der Waals surface area contributed by atoms with Crippen LogP contribution in [0.3, 0.4) is 0 Å². The monoisotopic (exact) mass is 473 g/mol. The summed E-state index contributed by atoms with van der Waals surface area (Å²) in [6, 6.07) is 11.8. The van der Waals surface area contributed by atoms with Crippen molar-refractivity contribution in [2.45, 2.75) is 50.3 Å². The lowest BCUT2D eigenvalue weighted by Gasteiger charge is -2.46. The second-order valence-electron chi connectivity index (χ2n) is 10.0. The molecule has 0 N–H and O–H groups in total. The Kier molecular flexibility index (Phi) is 5.67. The molecule has 2 aromatic heterocycles. The molecule has 0 radical (unpaired) electrons. The molecule has 0 unspecified atom stereocenters. The van der Waals surface area contributed by atoms with Crippen molar-refractivity contribution in [3.8, 4) is 11.9 Å². The number of nitriles is 1. The summed E-state index contributed by atoms with van der Waals surface area (Å²) in [5, 5.41) is 15.6. The summed E-state index contributed by atoms with van der Waals surface area (Å²) in [4.78, 5) is 14.5. The summed E-state index contributed by atoms with van der Waals surface area (Å²) in [7, 11) is 1.66. The van der Waals surface area contributed by atoms with Gasteiger partial charge in [0.25, 0.3) is 0 Å². The van der Waals surface area contributed by atoms with E-state index in [-0.39, 0.29) is 5.41 Å². The molecule has 1 saturated carbocycles. The van der Waals surface area contributed by atoms with Crippen molar-refractivity contribution in [2.75, 3.05) is 44.9 Å². The van der Waals surface area contributed by atoms with Gasteiger partial charge >= 0.3 is 0 Å². The summed E-state index contributed by atoms with van der Waals surface area (Å²) in [6.45, 7) is 7.06. The summed E-state index contributed by atoms with van der Waals surface area (Å²) >= 11 is 0.